The standard InChI is InChI=1S/C45H54N4O7S2/c1-5-24-56-41(53)28-39(51)42(31(2)3)49-43(54)32(4)47-44(55)38(26-36-29-57-30-46-36)48-40(52)27-37(50)23-15-16-25-58-45(33-17-9-6-10-18-33,34-19-11-7-12-20-34)35-21-13-8-14-22-35/h5-15,17-23,29-32,37-39,42,50-51H,1,16,24-28H2,2-4H3,(H,47,55)(H,48,52)(H,49,54)/b23-15+/t32-,37-,38-,39+,42-/m1/s1. The minimum Gasteiger partial charge on any atom is -0.461 e. The van der Waals surface area contributed by atoms with Crippen LogP contribution in [-0.2, 0) is 35.1 Å². The third-order valence-electron chi connectivity index (χ3n) is 9.38. The van der Waals surface area contributed by atoms with Crippen molar-refractivity contribution >= 4 is 46.8 Å². The number of hydrogen-bond donors (Lipinski definition) is 5. The Morgan fingerprint density at radius 2 is 1.43 bits per heavy atom. The Bertz CT molecular complexity index is 1810. The third kappa shape index (κ3) is 13.5. The van der Waals surface area contributed by atoms with Crippen molar-refractivity contribution in [1.82, 2.24) is 20.9 Å². The van der Waals surface area contributed by atoms with E-state index in [4.69, 9.17) is 4.74 Å². The van der Waals surface area contributed by atoms with E-state index in [0.29, 0.717) is 12.1 Å². The maximum absolute atomic E-state index is 13.5. The first kappa shape index (κ1) is 45.6. The van der Waals surface area contributed by atoms with Gasteiger partial charge in [-0.05, 0) is 41.7 Å². The van der Waals surface area contributed by atoms with Gasteiger partial charge in [-0.15, -0.1) is 23.1 Å². The maximum Gasteiger partial charge on any atom is 0.308 e. The second-order valence-electron chi connectivity index (χ2n) is 14.2. The smallest absolute Gasteiger partial charge is 0.308 e. The lowest BCUT2D eigenvalue weighted by molar-refractivity contribution is -0.145. The van der Waals surface area contributed by atoms with Crippen molar-refractivity contribution < 1.29 is 34.1 Å². The summed E-state index contributed by atoms with van der Waals surface area (Å²) in [4.78, 5) is 56.2. The largest absolute Gasteiger partial charge is 0.461 e. The van der Waals surface area contributed by atoms with Crippen LogP contribution in [0.3, 0.4) is 0 Å². The van der Waals surface area contributed by atoms with E-state index in [1.54, 1.807) is 42.6 Å². The molecule has 308 valence electrons. The van der Waals surface area contributed by atoms with Crippen LogP contribution in [0.2, 0.25) is 0 Å². The van der Waals surface area contributed by atoms with Crippen molar-refractivity contribution in [3.63, 3.8) is 0 Å². The lowest BCUT2D eigenvalue weighted by Gasteiger charge is -2.35. The minimum atomic E-state index is -1.23. The number of thioether (sulfide) groups is 1. The van der Waals surface area contributed by atoms with E-state index in [2.05, 4.69) is 63.9 Å². The Morgan fingerprint density at radius 3 is 1.95 bits per heavy atom. The van der Waals surface area contributed by atoms with E-state index in [9.17, 15) is 29.4 Å². The van der Waals surface area contributed by atoms with Gasteiger partial charge >= 0.3 is 5.97 Å². The van der Waals surface area contributed by atoms with Crippen LogP contribution in [0.25, 0.3) is 0 Å². The minimum absolute atomic E-state index is 0.00206. The highest BCUT2D eigenvalue weighted by atomic mass is 32.2. The molecule has 0 aliphatic heterocycles. The number of amides is 3. The zero-order valence-corrected chi connectivity index (χ0v) is 34.8. The summed E-state index contributed by atoms with van der Waals surface area (Å²) in [5.74, 6) is -1.94. The van der Waals surface area contributed by atoms with E-state index < -0.39 is 58.8 Å². The average Bonchev–Trinajstić information content (AvgIpc) is 3.74. The van der Waals surface area contributed by atoms with Gasteiger partial charge in [0.05, 0.1) is 47.0 Å². The maximum atomic E-state index is 13.5. The first-order valence-electron chi connectivity index (χ1n) is 19.3. The molecule has 0 spiro atoms. The van der Waals surface area contributed by atoms with Gasteiger partial charge < -0.3 is 30.9 Å². The van der Waals surface area contributed by atoms with Crippen LogP contribution in [0.1, 0.15) is 62.4 Å². The number of thiazole rings is 1. The highest BCUT2D eigenvalue weighted by molar-refractivity contribution is 8.00. The van der Waals surface area contributed by atoms with Crippen LogP contribution < -0.4 is 16.0 Å². The second-order valence-corrected chi connectivity index (χ2v) is 16.2. The predicted octanol–water partition coefficient (Wildman–Crippen LogP) is 5.72. The molecule has 0 saturated carbocycles. The molecule has 0 aliphatic carbocycles. The molecule has 0 unspecified atom stereocenters. The molecule has 3 amide bonds. The Hall–Kier alpha value is -5.08. The Kier molecular flexibility index (Phi) is 18.4. The number of hydrogen-bond acceptors (Lipinski definition) is 10. The fourth-order valence-corrected chi connectivity index (χ4v) is 8.49. The number of nitrogens with one attached hydrogen (secondary N) is 3. The number of nitrogens with zero attached hydrogens (tertiary/aromatic N) is 1. The molecule has 0 bridgehead atoms. The summed E-state index contributed by atoms with van der Waals surface area (Å²) in [7, 11) is 0. The molecular formula is C45H54N4O7S2. The summed E-state index contributed by atoms with van der Waals surface area (Å²) in [6.07, 6.45) is 2.60. The molecule has 11 nitrogen and oxygen atoms in total. The number of carbonyl (C=O) groups is 4. The summed E-state index contributed by atoms with van der Waals surface area (Å²) < 4.78 is 4.49. The lowest BCUT2D eigenvalue weighted by Crippen LogP contribution is -2.56. The average molecular weight is 827 g/mol. The first-order chi connectivity index (χ1) is 27.9. The van der Waals surface area contributed by atoms with E-state index >= 15 is 0 Å². The molecule has 0 fully saturated rings. The molecule has 3 aromatic carbocycles. The number of benzene rings is 3. The normalized spacial score (nSPS) is 14.2. The van der Waals surface area contributed by atoms with Crippen LogP contribution in [0.5, 0.6) is 0 Å². The van der Waals surface area contributed by atoms with Gasteiger partial charge in [-0.3, -0.25) is 19.2 Å². The molecule has 0 radical (unpaired) electrons. The summed E-state index contributed by atoms with van der Waals surface area (Å²) in [5.41, 5.74) is 5.65. The van der Waals surface area contributed by atoms with Gasteiger partial charge in [-0.25, -0.2) is 4.98 Å². The molecule has 1 aromatic heterocycles. The van der Waals surface area contributed by atoms with Crippen LogP contribution in [0, 0.1) is 5.92 Å². The molecule has 1 heterocycles. The quantitative estimate of drug-likeness (QED) is 0.0272. The van der Waals surface area contributed by atoms with E-state index in [1.807, 2.05) is 60.7 Å². The molecular weight excluding hydrogens is 773 g/mol. The Labute approximate surface area is 349 Å². The number of allylic oxidation sites excluding steroid dienone is 1. The van der Waals surface area contributed by atoms with Gasteiger partial charge in [-0.1, -0.05) is 130 Å². The first-order valence-corrected chi connectivity index (χ1v) is 21.2. The van der Waals surface area contributed by atoms with Crippen LogP contribution in [0.15, 0.2) is 127 Å². The summed E-state index contributed by atoms with van der Waals surface area (Å²) in [6.45, 7) is 8.53. The molecule has 58 heavy (non-hydrogen) atoms. The zero-order chi connectivity index (χ0) is 41.9. The summed E-state index contributed by atoms with van der Waals surface area (Å²) in [5, 5.41) is 31.4. The number of ether oxygens (including phenoxy) is 1. The highest BCUT2D eigenvalue weighted by Crippen LogP contribution is 2.48. The number of aliphatic hydroxyl groups is 2. The number of aromatic nitrogens is 1. The molecule has 13 heteroatoms. The second kappa shape index (κ2) is 23.4. The van der Waals surface area contributed by atoms with E-state index in [0.717, 1.165) is 22.4 Å². The topological polar surface area (TPSA) is 167 Å². The molecule has 4 rings (SSSR count). The highest BCUT2D eigenvalue weighted by Gasteiger charge is 2.36. The third-order valence-corrected chi connectivity index (χ3v) is 11.6. The Morgan fingerprint density at radius 1 is 0.845 bits per heavy atom. The van der Waals surface area contributed by atoms with Crippen molar-refractivity contribution in [2.45, 2.75) is 81.5 Å². The monoisotopic (exact) mass is 826 g/mol. The van der Waals surface area contributed by atoms with Gasteiger partial charge in [0.15, 0.2) is 0 Å². The lowest BCUT2D eigenvalue weighted by atomic mass is 9.84. The van der Waals surface area contributed by atoms with Crippen LogP contribution >= 0.6 is 23.1 Å². The van der Waals surface area contributed by atoms with Gasteiger partial charge in [0.25, 0.3) is 0 Å². The predicted molar refractivity (Wildman–Crippen MR) is 230 cm³/mol. The fourth-order valence-electron chi connectivity index (χ4n) is 6.45. The zero-order valence-electron chi connectivity index (χ0n) is 33.2. The summed E-state index contributed by atoms with van der Waals surface area (Å²) >= 11 is 3.14. The van der Waals surface area contributed by atoms with Gasteiger partial charge in [-0.2, -0.15) is 0 Å². The molecule has 5 atom stereocenters. The number of carbonyl (C=O) groups excluding carboxylic acids is 4. The van der Waals surface area contributed by atoms with Gasteiger partial charge in [0.1, 0.15) is 18.7 Å². The number of aliphatic hydroxyl groups excluding tert-OH is 2. The summed E-state index contributed by atoms with van der Waals surface area (Å²) in [6, 6.07) is 28.2. The number of rotatable bonds is 23. The van der Waals surface area contributed by atoms with Crippen LogP contribution in [-0.4, -0.2) is 81.6 Å². The van der Waals surface area contributed by atoms with Crippen molar-refractivity contribution in [3.8, 4) is 0 Å². The van der Waals surface area contributed by atoms with Crippen molar-refractivity contribution in [2.24, 2.45) is 5.92 Å². The molecule has 4 aromatic rings. The van der Waals surface area contributed by atoms with E-state index in [1.165, 1.54) is 24.3 Å². The van der Waals surface area contributed by atoms with Gasteiger partial charge in [0.2, 0.25) is 17.7 Å². The molecule has 5 N–H and O–H groups in total. The SMILES string of the molecule is C=CCOC(=O)C[C@H](O)[C@H](NC(=O)[C@@H](C)NC(=O)[C@@H](Cc1cscn1)NC(=O)C[C@H](O)/C=C/CCSC(c1ccccc1)(c1ccccc1)c1ccccc1)C(C)C. The van der Waals surface area contributed by atoms with Gasteiger partial charge in [0, 0.05) is 11.8 Å². The molecule has 0 aliphatic rings. The molecule has 0 saturated heterocycles. The fraction of sp³-hybridized carbons (Fsp3) is 0.356. The van der Waals surface area contributed by atoms with Crippen molar-refractivity contribution in [2.75, 3.05) is 12.4 Å². The van der Waals surface area contributed by atoms with Crippen molar-refractivity contribution in [3.05, 3.63) is 149 Å². The van der Waals surface area contributed by atoms with Crippen LogP contribution in [0.4, 0.5) is 0 Å². The number of esters is 1. The Balaban J connectivity index is 1.36. The van der Waals surface area contributed by atoms with E-state index in [-0.39, 0.29) is 31.8 Å². The van der Waals surface area contributed by atoms with Crippen molar-refractivity contribution in [1.29, 1.82) is 0 Å².